The zero-order chi connectivity index (χ0) is 15.8. The van der Waals surface area contributed by atoms with E-state index in [1.54, 1.807) is 0 Å². The van der Waals surface area contributed by atoms with Gasteiger partial charge in [-0.2, -0.15) is 0 Å². The third-order valence-electron chi connectivity index (χ3n) is 3.23. The number of para-hydroxylation sites is 2. The summed E-state index contributed by atoms with van der Waals surface area (Å²) >= 11 is 0. The second-order valence-electron chi connectivity index (χ2n) is 5.12. The average molecular weight is 293 g/mol. The molecule has 1 aromatic rings. The van der Waals surface area contributed by atoms with Gasteiger partial charge in [-0.05, 0) is 18.1 Å². The van der Waals surface area contributed by atoms with Crippen LogP contribution in [0.3, 0.4) is 0 Å². The van der Waals surface area contributed by atoms with Crippen molar-refractivity contribution in [2.45, 2.75) is 19.8 Å². The Morgan fingerprint density at radius 1 is 1.29 bits per heavy atom. The fourth-order valence-corrected chi connectivity index (χ4v) is 1.98. The van der Waals surface area contributed by atoms with Crippen molar-refractivity contribution < 1.29 is 14.7 Å². The average Bonchev–Trinajstić information content (AvgIpc) is 2.43. The van der Waals surface area contributed by atoms with Crippen LogP contribution in [0.4, 0.5) is 16.2 Å². The first-order valence-corrected chi connectivity index (χ1v) is 6.97. The Morgan fingerprint density at radius 3 is 2.52 bits per heavy atom. The predicted octanol–water partition coefficient (Wildman–Crippen LogP) is 2.38. The number of amides is 2. The number of rotatable bonds is 7. The molecule has 0 spiro atoms. The number of urea groups is 1. The number of hydrogen-bond donors (Lipinski definition) is 3. The molecule has 2 amide bonds. The van der Waals surface area contributed by atoms with Crippen LogP contribution in [0.1, 0.15) is 19.8 Å². The first-order chi connectivity index (χ1) is 9.93. The minimum atomic E-state index is -0.845. The monoisotopic (exact) mass is 293 g/mol. The highest BCUT2D eigenvalue weighted by molar-refractivity contribution is 5.93. The largest absolute Gasteiger partial charge is 0.481 e. The molecular formula is C15H23N3O3. The summed E-state index contributed by atoms with van der Waals surface area (Å²) in [5, 5.41) is 14.3. The number of hydrogen-bond acceptors (Lipinski definition) is 3. The quantitative estimate of drug-likeness (QED) is 0.721. The van der Waals surface area contributed by atoms with Crippen molar-refractivity contribution in [3.05, 3.63) is 24.3 Å². The third-order valence-corrected chi connectivity index (χ3v) is 3.23. The van der Waals surface area contributed by atoms with Gasteiger partial charge in [0.25, 0.3) is 0 Å². The maximum absolute atomic E-state index is 11.9. The highest BCUT2D eigenvalue weighted by Gasteiger charge is 2.13. The van der Waals surface area contributed by atoms with Crippen LogP contribution in [0.5, 0.6) is 0 Å². The second kappa shape index (κ2) is 8.14. The topological polar surface area (TPSA) is 81.7 Å². The van der Waals surface area contributed by atoms with Crippen molar-refractivity contribution in [3.8, 4) is 0 Å². The summed E-state index contributed by atoms with van der Waals surface area (Å²) in [6, 6.07) is 7.16. The number of nitrogens with one attached hydrogen (secondary N) is 2. The molecule has 0 aliphatic rings. The number of carboxylic acids is 1. The minimum absolute atomic E-state index is 0.0580. The maximum Gasteiger partial charge on any atom is 0.319 e. The van der Waals surface area contributed by atoms with E-state index >= 15 is 0 Å². The van der Waals surface area contributed by atoms with Gasteiger partial charge >= 0.3 is 12.0 Å². The van der Waals surface area contributed by atoms with Gasteiger partial charge in [0, 0.05) is 27.1 Å². The van der Waals surface area contributed by atoms with Crippen LogP contribution in [0, 0.1) is 5.92 Å². The molecule has 0 aliphatic heterocycles. The molecule has 1 atom stereocenters. The van der Waals surface area contributed by atoms with Crippen molar-refractivity contribution in [2.24, 2.45) is 5.92 Å². The van der Waals surface area contributed by atoms with Crippen molar-refractivity contribution in [3.63, 3.8) is 0 Å². The number of anilines is 2. The third kappa shape index (κ3) is 5.72. The Balaban J connectivity index is 2.56. The van der Waals surface area contributed by atoms with E-state index in [4.69, 9.17) is 5.11 Å². The minimum Gasteiger partial charge on any atom is -0.481 e. The lowest BCUT2D eigenvalue weighted by atomic mass is 10.0. The lowest BCUT2D eigenvalue weighted by molar-refractivity contribution is -0.138. The van der Waals surface area contributed by atoms with E-state index in [1.165, 1.54) is 0 Å². The van der Waals surface area contributed by atoms with Gasteiger partial charge < -0.3 is 20.6 Å². The number of carbonyl (C=O) groups excluding carboxylic acids is 1. The molecule has 0 radical (unpaired) electrons. The molecule has 0 saturated heterocycles. The fraction of sp³-hybridized carbons (Fsp3) is 0.467. The van der Waals surface area contributed by atoms with Crippen LogP contribution >= 0.6 is 0 Å². The molecule has 6 heteroatoms. The summed E-state index contributed by atoms with van der Waals surface area (Å²) in [6.07, 6.45) is 0.770. The molecule has 1 unspecified atom stereocenters. The number of aliphatic carboxylic acids is 1. The zero-order valence-electron chi connectivity index (χ0n) is 12.7. The Labute approximate surface area is 125 Å². The zero-order valence-corrected chi connectivity index (χ0v) is 12.7. The molecular weight excluding hydrogens is 270 g/mol. The molecule has 116 valence electrons. The lowest BCUT2D eigenvalue weighted by Crippen LogP contribution is -2.34. The summed E-state index contributed by atoms with van der Waals surface area (Å²) in [5.41, 5.74) is 1.62. The van der Waals surface area contributed by atoms with Gasteiger partial charge in [-0.25, -0.2) is 4.79 Å². The van der Waals surface area contributed by atoms with Gasteiger partial charge in [0.2, 0.25) is 0 Å². The van der Waals surface area contributed by atoms with E-state index in [0.717, 1.165) is 5.69 Å². The van der Waals surface area contributed by atoms with Crippen LogP contribution < -0.4 is 15.5 Å². The number of benzene rings is 1. The number of carboxylic acid groups (broad SMARTS) is 1. The normalized spacial score (nSPS) is 11.6. The summed E-state index contributed by atoms with van der Waals surface area (Å²) in [6.45, 7) is 2.26. The summed E-state index contributed by atoms with van der Waals surface area (Å²) in [5.74, 6) is -0.903. The second-order valence-corrected chi connectivity index (χ2v) is 5.12. The van der Waals surface area contributed by atoms with E-state index in [2.05, 4.69) is 10.6 Å². The fourth-order valence-electron chi connectivity index (χ4n) is 1.98. The van der Waals surface area contributed by atoms with Crippen LogP contribution in [0.25, 0.3) is 0 Å². The van der Waals surface area contributed by atoms with Crippen LogP contribution in [0.15, 0.2) is 24.3 Å². The molecule has 0 saturated carbocycles. The van der Waals surface area contributed by atoms with Gasteiger partial charge in [0.05, 0.1) is 11.4 Å². The molecule has 1 aromatic carbocycles. The van der Waals surface area contributed by atoms with Gasteiger partial charge in [-0.1, -0.05) is 25.5 Å². The number of nitrogens with zero attached hydrogens (tertiary/aromatic N) is 1. The maximum atomic E-state index is 11.9. The molecule has 3 N–H and O–H groups in total. The molecule has 1 rings (SSSR count). The Hall–Kier alpha value is -2.24. The highest BCUT2D eigenvalue weighted by atomic mass is 16.4. The van der Waals surface area contributed by atoms with Crippen LogP contribution in [0.2, 0.25) is 0 Å². The Bertz CT molecular complexity index is 489. The van der Waals surface area contributed by atoms with Crippen LogP contribution in [-0.2, 0) is 4.79 Å². The molecule has 21 heavy (non-hydrogen) atoms. The predicted molar refractivity (Wildman–Crippen MR) is 83.8 cm³/mol. The first-order valence-electron chi connectivity index (χ1n) is 6.97. The summed E-state index contributed by atoms with van der Waals surface area (Å²) in [7, 11) is 3.80. The van der Waals surface area contributed by atoms with Crippen molar-refractivity contribution in [1.29, 1.82) is 0 Å². The molecule has 0 aromatic heterocycles. The lowest BCUT2D eigenvalue weighted by Gasteiger charge is -2.19. The van der Waals surface area contributed by atoms with Crippen LogP contribution in [-0.4, -0.2) is 37.7 Å². The Kier molecular flexibility index (Phi) is 6.52. The molecule has 0 heterocycles. The van der Waals surface area contributed by atoms with Crippen molar-refractivity contribution in [2.75, 3.05) is 30.9 Å². The molecule has 0 bridgehead atoms. The van der Waals surface area contributed by atoms with Gasteiger partial charge in [0.1, 0.15) is 0 Å². The van der Waals surface area contributed by atoms with E-state index in [9.17, 15) is 9.59 Å². The van der Waals surface area contributed by atoms with Gasteiger partial charge in [-0.3, -0.25) is 4.79 Å². The van der Waals surface area contributed by atoms with E-state index in [-0.39, 0.29) is 18.4 Å². The van der Waals surface area contributed by atoms with Crippen molar-refractivity contribution >= 4 is 23.4 Å². The van der Waals surface area contributed by atoms with Gasteiger partial charge in [0.15, 0.2) is 0 Å². The standard InChI is InChI=1S/C15H23N3O3/c1-4-11(9-14(19)20)10-16-15(21)17-12-7-5-6-8-13(12)18(2)3/h5-8,11H,4,9-10H2,1-3H3,(H,19,20)(H2,16,17,21). The SMILES string of the molecule is CCC(CNC(=O)Nc1ccccc1N(C)C)CC(=O)O. The van der Waals surface area contributed by atoms with Crippen molar-refractivity contribution in [1.82, 2.24) is 5.32 Å². The number of carbonyl (C=O) groups is 2. The van der Waals surface area contributed by atoms with E-state index in [1.807, 2.05) is 50.2 Å². The Morgan fingerprint density at radius 2 is 1.95 bits per heavy atom. The van der Waals surface area contributed by atoms with Gasteiger partial charge in [-0.15, -0.1) is 0 Å². The summed E-state index contributed by atoms with van der Waals surface area (Å²) in [4.78, 5) is 24.5. The first kappa shape index (κ1) is 16.8. The van der Waals surface area contributed by atoms with E-state index < -0.39 is 5.97 Å². The molecule has 6 nitrogen and oxygen atoms in total. The van der Waals surface area contributed by atoms with E-state index in [0.29, 0.717) is 18.7 Å². The smallest absolute Gasteiger partial charge is 0.319 e. The summed E-state index contributed by atoms with van der Waals surface area (Å²) < 4.78 is 0. The highest BCUT2D eigenvalue weighted by Crippen LogP contribution is 2.23. The molecule has 0 fully saturated rings. The molecule has 0 aliphatic carbocycles.